The van der Waals surface area contributed by atoms with Gasteiger partial charge in [-0.2, -0.15) is 4.98 Å². The first kappa shape index (κ1) is 24.9. The molecule has 3 N–H and O–H groups in total. The molecule has 0 aliphatic carbocycles. The number of rotatable bonds is 6. The number of aromatic nitrogens is 2. The fraction of sp³-hybridized carbons (Fsp3) is 0.381. The predicted molar refractivity (Wildman–Crippen MR) is 118 cm³/mol. The third-order valence-corrected chi connectivity index (χ3v) is 3.00. The molecule has 0 radical (unpaired) electrons. The van der Waals surface area contributed by atoms with Crippen LogP contribution in [0.25, 0.3) is 6.08 Å². The molecule has 28 heavy (non-hydrogen) atoms. The van der Waals surface area contributed by atoms with Crippen LogP contribution in [0.1, 0.15) is 50.7 Å². The van der Waals surface area contributed by atoms with Crippen LogP contribution in [0, 0.1) is 0 Å². The molecule has 1 heterocycles. The first-order valence-corrected chi connectivity index (χ1v) is 9.52. The number of benzene rings is 1. The second-order valence-electron chi connectivity index (χ2n) is 5.18. The maximum Gasteiger partial charge on any atom is 0.344 e. The highest BCUT2D eigenvalue weighted by molar-refractivity contribution is 5.98. The maximum atomic E-state index is 12.4. The van der Waals surface area contributed by atoms with E-state index >= 15 is 0 Å². The number of carbonyl (C=O) groups is 1. The van der Waals surface area contributed by atoms with E-state index in [9.17, 15) is 4.79 Å². The van der Waals surface area contributed by atoms with Crippen LogP contribution in [0.15, 0.2) is 36.5 Å². The van der Waals surface area contributed by atoms with Crippen molar-refractivity contribution >= 4 is 29.5 Å². The van der Waals surface area contributed by atoms with E-state index in [1.165, 1.54) is 0 Å². The quantitative estimate of drug-likeness (QED) is 0.702. The minimum atomic E-state index is -0.505. The first-order chi connectivity index (χ1) is 13.5. The van der Waals surface area contributed by atoms with Gasteiger partial charge >= 0.3 is 5.97 Å². The Morgan fingerprint density at radius 3 is 2.29 bits per heavy atom. The largest absolute Gasteiger partial charge is 0.462 e. The number of hydrogen-bond donors (Lipinski definition) is 2. The highest BCUT2D eigenvalue weighted by Gasteiger charge is 2.20. The number of carbonyl (C=O) groups excluding carboxylic acids is 1. The summed E-state index contributed by atoms with van der Waals surface area (Å²) < 4.78 is 5.15. The molecule has 0 spiro atoms. The van der Waals surface area contributed by atoms with Gasteiger partial charge in [0.2, 0.25) is 5.95 Å². The maximum absolute atomic E-state index is 12.4. The van der Waals surface area contributed by atoms with E-state index in [0.29, 0.717) is 11.5 Å². The van der Waals surface area contributed by atoms with Crippen molar-refractivity contribution < 1.29 is 9.53 Å². The molecule has 7 nitrogen and oxygen atoms in total. The molecule has 0 bridgehead atoms. The molecule has 0 saturated carbocycles. The van der Waals surface area contributed by atoms with E-state index in [2.05, 4.69) is 15.3 Å². The molecule has 1 aromatic heterocycles. The number of nitrogens with zero attached hydrogens (tertiary/aromatic N) is 3. The number of anilines is 3. The number of hydrogen-bond acceptors (Lipinski definition) is 7. The lowest BCUT2D eigenvalue weighted by Gasteiger charge is -2.13. The van der Waals surface area contributed by atoms with E-state index in [1.54, 1.807) is 19.2 Å². The fourth-order valence-corrected chi connectivity index (χ4v) is 1.99. The van der Waals surface area contributed by atoms with Gasteiger partial charge in [-0.25, -0.2) is 9.78 Å². The van der Waals surface area contributed by atoms with Crippen LogP contribution < -0.4 is 11.1 Å². The Bertz CT molecular complexity index is 731. The molecular formula is C21H33N5O2. The summed E-state index contributed by atoms with van der Waals surface area (Å²) in [6.45, 7) is 10.0. The number of esters is 1. The van der Waals surface area contributed by atoms with Crippen LogP contribution >= 0.6 is 0 Å². The van der Waals surface area contributed by atoms with Crippen molar-refractivity contribution in [3.63, 3.8) is 0 Å². The van der Waals surface area contributed by atoms with Crippen molar-refractivity contribution in [2.24, 2.45) is 0 Å². The van der Waals surface area contributed by atoms with Crippen LogP contribution in [0.5, 0.6) is 0 Å². The standard InChI is InChI=1S/C17H21N5O2.2C2H6/c1-4-24-16(23)14-13(10-11-22(2)3)20-17(18)21-15(14)19-12-8-6-5-7-9-12;2*1-2/h5-11H,4H2,1-3H3,(H3,18,19,20,21);2*1-2H3/b11-10+;;. The van der Waals surface area contributed by atoms with Crippen molar-refractivity contribution in [2.45, 2.75) is 34.6 Å². The van der Waals surface area contributed by atoms with Crippen molar-refractivity contribution in [1.82, 2.24) is 14.9 Å². The summed E-state index contributed by atoms with van der Waals surface area (Å²) in [7, 11) is 3.74. The Morgan fingerprint density at radius 1 is 1.14 bits per heavy atom. The van der Waals surface area contributed by atoms with Gasteiger partial charge in [0, 0.05) is 26.0 Å². The SMILES string of the molecule is CC.CC.CCOC(=O)c1c(/C=C/N(C)C)nc(N)nc1Nc1ccccc1. The third-order valence-electron chi connectivity index (χ3n) is 3.00. The van der Waals surface area contributed by atoms with Crippen molar-refractivity contribution in [3.05, 3.63) is 47.8 Å². The Kier molecular flexibility index (Phi) is 12.5. The van der Waals surface area contributed by atoms with Gasteiger partial charge in [-0.05, 0) is 25.1 Å². The highest BCUT2D eigenvalue weighted by atomic mass is 16.5. The summed E-state index contributed by atoms with van der Waals surface area (Å²) in [5.74, 6) is -0.125. The van der Waals surface area contributed by atoms with Crippen LogP contribution in [0.3, 0.4) is 0 Å². The minimum Gasteiger partial charge on any atom is -0.462 e. The van der Waals surface area contributed by atoms with Gasteiger partial charge in [0.15, 0.2) is 5.82 Å². The van der Waals surface area contributed by atoms with Gasteiger partial charge in [0.1, 0.15) is 5.56 Å². The monoisotopic (exact) mass is 387 g/mol. The second-order valence-corrected chi connectivity index (χ2v) is 5.18. The number of nitrogen functional groups attached to an aromatic ring is 1. The lowest BCUT2D eigenvalue weighted by atomic mass is 10.2. The number of nitrogens with two attached hydrogens (primary N) is 1. The fourth-order valence-electron chi connectivity index (χ4n) is 1.99. The molecular weight excluding hydrogens is 354 g/mol. The lowest BCUT2D eigenvalue weighted by Crippen LogP contribution is -2.14. The molecule has 0 aliphatic heterocycles. The normalized spacial score (nSPS) is 9.54. The van der Waals surface area contributed by atoms with Gasteiger partial charge in [-0.1, -0.05) is 45.9 Å². The summed E-state index contributed by atoms with van der Waals surface area (Å²) in [6.07, 6.45) is 3.47. The third kappa shape index (κ3) is 8.07. The van der Waals surface area contributed by atoms with E-state index in [0.717, 1.165) is 5.69 Å². The molecule has 0 aliphatic rings. The predicted octanol–water partition coefficient (Wildman–Crippen LogP) is 4.56. The number of ether oxygens (including phenoxy) is 1. The average molecular weight is 388 g/mol. The van der Waals surface area contributed by atoms with Gasteiger partial charge in [-0.3, -0.25) is 0 Å². The molecule has 0 atom stereocenters. The van der Waals surface area contributed by atoms with Gasteiger partial charge in [0.25, 0.3) is 0 Å². The van der Waals surface area contributed by atoms with Gasteiger partial charge in [0.05, 0.1) is 12.3 Å². The summed E-state index contributed by atoms with van der Waals surface area (Å²) in [6, 6.07) is 9.38. The van der Waals surface area contributed by atoms with E-state index in [4.69, 9.17) is 10.5 Å². The number of nitrogens with one attached hydrogen (secondary N) is 1. The summed E-state index contributed by atoms with van der Waals surface area (Å²) in [5, 5.41) is 3.10. The molecule has 0 saturated heterocycles. The minimum absolute atomic E-state index is 0.0693. The average Bonchev–Trinajstić information content (AvgIpc) is 2.70. The summed E-state index contributed by atoms with van der Waals surface area (Å²) >= 11 is 0. The molecule has 0 fully saturated rings. The van der Waals surface area contributed by atoms with Crippen molar-refractivity contribution in [1.29, 1.82) is 0 Å². The summed E-state index contributed by atoms with van der Waals surface area (Å²) in [5.41, 5.74) is 7.22. The van der Waals surface area contributed by atoms with Crippen LogP contribution in [0.4, 0.5) is 17.5 Å². The Labute approximate surface area is 168 Å². The molecule has 7 heteroatoms. The topological polar surface area (TPSA) is 93.4 Å². The zero-order valence-electron chi connectivity index (χ0n) is 18.0. The smallest absolute Gasteiger partial charge is 0.344 e. The Balaban J connectivity index is 0.00000171. The number of para-hydroxylation sites is 1. The van der Waals surface area contributed by atoms with E-state index in [-0.39, 0.29) is 18.1 Å². The molecule has 2 rings (SSSR count). The lowest BCUT2D eigenvalue weighted by molar-refractivity contribution is 0.0526. The zero-order valence-corrected chi connectivity index (χ0v) is 18.0. The Hall–Kier alpha value is -3.09. The molecule has 154 valence electrons. The van der Waals surface area contributed by atoms with E-state index in [1.807, 2.05) is 77.0 Å². The Morgan fingerprint density at radius 2 is 1.75 bits per heavy atom. The van der Waals surface area contributed by atoms with Crippen LogP contribution in [-0.4, -0.2) is 41.5 Å². The molecule has 0 unspecified atom stereocenters. The van der Waals surface area contributed by atoms with E-state index < -0.39 is 5.97 Å². The van der Waals surface area contributed by atoms with Crippen LogP contribution in [0.2, 0.25) is 0 Å². The molecule has 0 amide bonds. The first-order valence-electron chi connectivity index (χ1n) is 9.52. The van der Waals surface area contributed by atoms with Gasteiger partial charge in [-0.15, -0.1) is 0 Å². The van der Waals surface area contributed by atoms with Gasteiger partial charge < -0.3 is 20.7 Å². The molecule has 1 aromatic carbocycles. The van der Waals surface area contributed by atoms with Crippen molar-refractivity contribution in [2.75, 3.05) is 31.8 Å². The molecule has 2 aromatic rings. The second kappa shape index (κ2) is 14.0. The van der Waals surface area contributed by atoms with Crippen LogP contribution in [-0.2, 0) is 4.74 Å². The van der Waals surface area contributed by atoms with Crippen molar-refractivity contribution in [3.8, 4) is 0 Å². The zero-order chi connectivity index (χ0) is 21.5. The summed E-state index contributed by atoms with van der Waals surface area (Å²) in [4.78, 5) is 22.6. The highest BCUT2D eigenvalue weighted by Crippen LogP contribution is 2.24.